The van der Waals surface area contributed by atoms with Gasteiger partial charge >= 0.3 is 0 Å². The maximum absolute atomic E-state index is 5.36. The van der Waals surface area contributed by atoms with Gasteiger partial charge in [-0.3, -0.25) is 0 Å². The van der Waals surface area contributed by atoms with E-state index < -0.39 is 0 Å². The molecule has 0 aliphatic heterocycles. The molecule has 1 fully saturated rings. The lowest BCUT2D eigenvalue weighted by molar-refractivity contribution is 0.283. The van der Waals surface area contributed by atoms with Gasteiger partial charge < -0.3 is 10.6 Å². The van der Waals surface area contributed by atoms with Crippen molar-refractivity contribution in [3.63, 3.8) is 0 Å². The second-order valence-corrected chi connectivity index (χ2v) is 5.57. The Labute approximate surface area is 112 Å². The molecule has 0 aromatic heterocycles. The van der Waals surface area contributed by atoms with E-state index in [1.165, 1.54) is 51.4 Å². The zero-order chi connectivity index (χ0) is 12.5. The second-order valence-electron chi connectivity index (χ2n) is 5.17. The molecule has 0 amide bonds. The molecule has 0 spiro atoms. The van der Waals surface area contributed by atoms with Crippen LogP contribution in [0.2, 0.25) is 0 Å². The van der Waals surface area contributed by atoms with Gasteiger partial charge in [-0.25, -0.2) is 0 Å². The van der Waals surface area contributed by atoms with Crippen LogP contribution in [0.1, 0.15) is 65.2 Å². The fourth-order valence-corrected chi connectivity index (χ4v) is 2.94. The quantitative estimate of drug-likeness (QED) is 0.561. The molecule has 1 saturated carbocycles. The van der Waals surface area contributed by atoms with Crippen LogP contribution >= 0.6 is 12.2 Å². The van der Waals surface area contributed by atoms with Crippen LogP contribution in [-0.4, -0.2) is 17.7 Å². The normalized spacial score (nSPS) is 18.7. The lowest BCUT2D eigenvalue weighted by atomic mass is 9.83. The third kappa shape index (κ3) is 5.71. The van der Waals surface area contributed by atoms with Gasteiger partial charge in [0.15, 0.2) is 5.11 Å². The summed E-state index contributed by atoms with van der Waals surface area (Å²) in [5, 5.41) is 7.68. The van der Waals surface area contributed by atoms with Gasteiger partial charge in [-0.1, -0.05) is 39.5 Å². The third-order valence-electron chi connectivity index (χ3n) is 3.79. The zero-order valence-corrected chi connectivity index (χ0v) is 12.2. The van der Waals surface area contributed by atoms with E-state index in [0.717, 1.165) is 17.6 Å². The number of hydrogen-bond donors (Lipinski definition) is 2. The molecule has 100 valence electrons. The minimum absolute atomic E-state index is 0.580. The van der Waals surface area contributed by atoms with Crippen LogP contribution in [0.25, 0.3) is 0 Å². The fraction of sp³-hybridized carbons (Fsp3) is 0.929. The molecule has 2 nitrogen and oxygen atoms in total. The van der Waals surface area contributed by atoms with E-state index in [4.69, 9.17) is 12.2 Å². The predicted octanol–water partition coefficient (Wildman–Crippen LogP) is 3.61. The Morgan fingerprint density at radius 2 is 1.94 bits per heavy atom. The largest absolute Gasteiger partial charge is 0.363 e. The van der Waals surface area contributed by atoms with Gasteiger partial charge in [-0.05, 0) is 43.8 Å². The number of thiocarbonyl (C=S) groups is 1. The average Bonchev–Trinajstić information content (AvgIpc) is 2.37. The maximum atomic E-state index is 5.36. The van der Waals surface area contributed by atoms with E-state index in [0.29, 0.717) is 6.04 Å². The third-order valence-corrected chi connectivity index (χ3v) is 4.05. The number of rotatable bonds is 6. The van der Waals surface area contributed by atoms with Crippen molar-refractivity contribution in [2.75, 3.05) is 6.54 Å². The summed E-state index contributed by atoms with van der Waals surface area (Å²) in [4.78, 5) is 0. The summed E-state index contributed by atoms with van der Waals surface area (Å²) in [6, 6.07) is 0.580. The Morgan fingerprint density at radius 3 is 2.53 bits per heavy atom. The van der Waals surface area contributed by atoms with Crippen molar-refractivity contribution in [2.45, 2.75) is 71.3 Å². The Kier molecular flexibility index (Phi) is 7.58. The predicted molar refractivity (Wildman–Crippen MR) is 79.3 cm³/mol. The summed E-state index contributed by atoms with van der Waals surface area (Å²) >= 11 is 5.36. The van der Waals surface area contributed by atoms with Gasteiger partial charge in [0.05, 0.1) is 0 Å². The van der Waals surface area contributed by atoms with Crippen molar-refractivity contribution < 1.29 is 0 Å². The van der Waals surface area contributed by atoms with Crippen molar-refractivity contribution in [3.05, 3.63) is 0 Å². The smallest absolute Gasteiger partial charge is 0.166 e. The molecule has 1 atom stereocenters. The van der Waals surface area contributed by atoms with E-state index in [9.17, 15) is 0 Å². The highest BCUT2D eigenvalue weighted by molar-refractivity contribution is 7.80. The molecular formula is C14H28N2S. The first-order valence-electron chi connectivity index (χ1n) is 7.32. The molecule has 3 heteroatoms. The molecular weight excluding hydrogens is 228 g/mol. The Morgan fingerprint density at radius 1 is 1.24 bits per heavy atom. The van der Waals surface area contributed by atoms with Gasteiger partial charge in [-0.15, -0.1) is 0 Å². The van der Waals surface area contributed by atoms with Crippen molar-refractivity contribution >= 4 is 17.3 Å². The molecule has 0 aromatic rings. The SMILES string of the molecule is CCCCNC(=S)NC(CC)C1CCCCC1. The Balaban J connectivity index is 2.27. The Hall–Kier alpha value is -0.310. The van der Waals surface area contributed by atoms with Gasteiger partial charge in [0.1, 0.15) is 0 Å². The first-order valence-corrected chi connectivity index (χ1v) is 7.73. The molecule has 1 aliphatic rings. The van der Waals surface area contributed by atoms with Crippen LogP contribution in [-0.2, 0) is 0 Å². The summed E-state index contributed by atoms with van der Waals surface area (Å²) in [5.41, 5.74) is 0. The molecule has 1 unspecified atom stereocenters. The van der Waals surface area contributed by atoms with Gasteiger partial charge in [0.25, 0.3) is 0 Å². The summed E-state index contributed by atoms with van der Waals surface area (Å²) in [6.45, 7) is 5.47. The minimum Gasteiger partial charge on any atom is -0.363 e. The van der Waals surface area contributed by atoms with E-state index in [-0.39, 0.29) is 0 Å². The van der Waals surface area contributed by atoms with E-state index >= 15 is 0 Å². The van der Waals surface area contributed by atoms with Crippen molar-refractivity contribution in [1.82, 2.24) is 10.6 Å². The molecule has 0 saturated heterocycles. The van der Waals surface area contributed by atoms with E-state index in [1.807, 2.05) is 0 Å². The molecule has 1 rings (SSSR count). The first kappa shape index (κ1) is 14.7. The van der Waals surface area contributed by atoms with Gasteiger partial charge in [0, 0.05) is 12.6 Å². The monoisotopic (exact) mass is 256 g/mol. The van der Waals surface area contributed by atoms with E-state index in [2.05, 4.69) is 24.5 Å². The standard InChI is InChI=1S/C14H28N2S/c1-3-5-11-15-14(17)16-13(4-2)12-9-7-6-8-10-12/h12-13H,3-11H2,1-2H3,(H2,15,16,17). The lowest BCUT2D eigenvalue weighted by Gasteiger charge is -2.31. The van der Waals surface area contributed by atoms with Crippen molar-refractivity contribution in [3.8, 4) is 0 Å². The molecule has 0 heterocycles. The van der Waals surface area contributed by atoms with Crippen molar-refractivity contribution in [2.24, 2.45) is 5.92 Å². The zero-order valence-electron chi connectivity index (χ0n) is 11.4. The van der Waals surface area contributed by atoms with Crippen LogP contribution in [0, 0.1) is 5.92 Å². The average molecular weight is 256 g/mol. The van der Waals surface area contributed by atoms with Gasteiger partial charge in [-0.2, -0.15) is 0 Å². The number of hydrogen-bond acceptors (Lipinski definition) is 1. The highest BCUT2D eigenvalue weighted by Gasteiger charge is 2.22. The fourth-order valence-electron chi connectivity index (χ4n) is 2.69. The van der Waals surface area contributed by atoms with Gasteiger partial charge in [0.2, 0.25) is 0 Å². The van der Waals surface area contributed by atoms with Crippen LogP contribution in [0.3, 0.4) is 0 Å². The van der Waals surface area contributed by atoms with Crippen LogP contribution < -0.4 is 10.6 Å². The topological polar surface area (TPSA) is 24.1 Å². The molecule has 2 N–H and O–H groups in total. The molecule has 1 aliphatic carbocycles. The summed E-state index contributed by atoms with van der Waals surface area (Å²) in [5.74, 6) is 0.833. The highest BCUT2D eigenvalue weighted by atomic mass is 32.1. The van der Waals surface area contributed by atoms with E-state index in [1.54, 1.807) is 0 Å². The highest BCUT2D eigenvalue weighted by Crippen LogP contribution is 2.27. The number of unbranched alkanes of at least 4 members (excludes halogenated alkanes) is 1. The minimum atomic E-state index is 0.580. The van der Waals surface area contributed by atoms with Crippen LogP contribution in [0.5, 0.6) is 0 Å². The molecule has 0 radical (unpaired) electrons. The lowest BCUT2D eigenvalue weighted by Crippen LogP contribution is -2.45. The molecule has 0 bridgehead atoms. The van der Waals surface area contributed by atoms with Crippen LogP contribution in [0.4, 0.5) is 0 Å². The summed E-state index contributed by atoms with van der Waals surface area (Å²) in [6.07, 6.45) is 10.6. The van der Waals surface area contributed by atoms with Crippen molar-refractivity contribution in [1.29, 1.82) is 0 Å². The second kappa shape index (κ2) is 8.73. The van der Waals surface area contributed by atoms with Crippen LogP contribution in [0.15, 0.2) is 0 Å². The molecule has 0 aromatic carbocycles. The summed E-state index contributed by atoms with van der Waals surface area (Å²) < 4.78 is 0. The molecule has 17 heavy (non-hydrogen) atoms. The summed E-state index contributed by atoms with van der Waals surface area (Å²) in [7, 11) is 0. The maximum Gasteiger partial charge on any atom is 0.166 e. The number of nitrogens with one attached hydrogen (secondary N) is 2. The first-order chi connectivity index (χ1) is 8.27. The Bertz CT molecular complexity index is 212.